The Labute approximate surface area is 177 Å². The maximum Gasteiger partial charge on any atom is 0.277 e. The molecule has 3 aromatic rings. The van der Waals surface area contributed by atoms with Crippen molar-refractivity contribution in [3.8, 4) is 0 Å². The first kappa shape index (κ1) is 20.6. The van der Waals surface area contributed by atoms with E-state index in [-0.39, 0.29) is 23.6 Å². The lowest BCUT2D eigenvalue weighted by molar-refractivity contribution is 0.0938. The summed E-state index contributed by atoms with van der Waals surface area (Å²) in [5.74, 6) is -1.64. The largest absolute Gasteiger partial charge is 0.344 e. The highest BCUT2D eigenvalue weighted by atomic mass is 19.1. The third-order valence-electron chi connectivity index (χ3n) is 5.14. The van der Waals surface area contributed by atoms with Crippen LogP contribution in [0, 0.1) is 11.6 Å². The summed E-state index contributed by atoms with van der Waals surface area (Å²) in [7, 11) is 0. The van der Waals surface area contributed by atoms with Crippen LogP contribution in [-0.4, -0.2) is 28.3 Å². The number of nitrogens with zero attached hydrogens (tertiary/aromatic N) is 3. The highest BCUT2D eigenvalue weighted by Crippen LogP contribution is 2.28. The van der Waals surface area contributed by atoms with E-state index < -0.39 is 11.6 Å². The predicted octanol–water partition coefficient (Wildman–Crippen LogP) is 3.84. The van der Waals surface area contributed by atoms with E-state index in [1.807, 2.05) is 0 Å². The van der Waals surface area contributed by atoms with Crippen molar-refractivity contribution in [1.29, 1.82) is 0 Å². The van der Waals surface area contributed by atoms with Crippen LogP contribution in [0.3, 0.4) is 0 Å². The van der Waals surface area contributed by atoms with Crippen LogP contribution in [0.5, 0.6) is 0 Å². The lowest BCUT2D eigenvalue weighted by atomic mass is 10.0. The highest BCUT2D eigenvalue weighted by Gasteiger charge is 2.26. The SMILES string of the molecule is CC(NC(=O)c1ccc(F)cc1)c1ccc2c(n1)CCCN2C(=O)c1cc(F)ccn1. The molecule has 1 atom stereocenters. The second-order valence-corrected chi connectivity index (χ2v) is 7.32. The van der Waals surface area contributed by atoms with Crippen molar-refractivity contribution in [2.45, 2.75) is 25.8 Å². The van der Waals surface area contributed by atoms with Gasteiger partial charge in [0, 0.05) is 24.4 Å². The fourth-order valence-corrected chi connectivity index (χ4v) is 3.53. The zero-order chi connectivity index (χ0) is 22.0. The average molecular weight is 422 g/mol. The molecule has 31 heavy (non-hydrogen) atoms. The Morgan fingerprint density at radius 1 is 1.06 bits per heavy atom. The number of nitrogens with one attached hydrogen (secondary N) is 1. The number of aryl methyl sites for hydroxylation is 1. The molecule has 0 bridgehead atoms. The van der Waals surface area contributed by atoms with E-state index in [0.29, 0.717) is 36.3 Å². The average Bonchev–Trinajstić information content (AvgIpc) is 2.78. The van der Waals surface area contributed by atoms with Gasteiger partial charge in [0.05, 0.1) is 23.1 Å². The topological polar surface area (TPSA) is 75.2 Å². The van der Waals surface area contributed by atoms with Crippen molar-refractivity contribution in [3.05, 3.63) is 89.0 Å². The summed E-state index contributed by atoms with van der Waals surface area (Å²) in [6, 6.07) is 10.8. The van der Waals surface area contributed by atoms with Crippen molar-refractivity contribution in [1.82, 2.24) is 15.3 Å². The normalized spacial score (nSPS) is 14.0. The lowest BCUT2D eigenvalue weighted by Gasteiger charge is -2.29. The molecule has 158 valence electrons. The summed E-state index contributed by atoms with van der Waals surface area (Å²) in [5, 5.41) is 2.85. The molecule has 6 nitrogen and oxygen atoms in total. The molecule has 8 heteroatoms. The molecule has 0 radical (unpaired) electrons. The molecular formula is C23H20F2N4O2. The van der Waals surface area contributed by atoms with Crippen LogP contribution in [0.4, 0.5) is 14.5 Å². The van der Waals surface area contributed by atoms with Crippen molar-refractivity contribution >= 4 is 17.5 Å². The van der Waals surface area contributed by atoms with Gasteiger partial charge in [0.2, 0.25) is 0 Å². The highest BCUT2D eigenvalue weighted by molar-refractivity contribution is 6.05. The van der Waals surface area contributed by atoms with E-state index >= 15 is 0 Å². The smallest absolute Gasteiger partial charge is 0.277 e. The van der Waals surface area contributed by atoms with Gasteiger partial charge in [-0.2, -0.15) is 0 Å². The van der Waals surface area contributed by atoms with Gasteiger partial charge in [-0.15, -0.1) is 0 Å². The Morgan fingerprint density at radius 2 is 1.84 bits per heavy atom. The van der Waals surface area contributed by atoms with Crippen LogP contribution < -0.4 is 10.2 Å². The number of fused-ring (bicyclic) bond motifs is 1. The molecule has 2 amide bonds. The summed E-state index contributed by atoms with van der Waals surface area (Å²) in [5.41, 5.74) is 2.43. The van der Waals surface area contributed by atoms with Crippen molar-refractivity contribution in [2.24, 2.45) is 0 Å². The Morgan fingerprint density at radius 3 is 2.58 bits per heavy atom. The number of rotatable bonds is 4. The number of amides is 2. The summed E-state index contributed by atoms with van der Waals surface area (Å²) in [6.07, 6.45) is 2.66. The first-order valence-corrected chi connectivity index (χ1v) is 9.92. The van der Waals surface area contributed by atoms with E-state index in [2.05, 4.69) is 15.3 Å². The standard InChI is InChI=1S/C23H20F2N4O2/c1-14(27-22(30)15-4-6-16(24)7-5-15)18-8-9-21-19(28-18)3-2-12-29(21)23(31)20-13-17(25)10-11-26-20/h4-11,13-14H,2-3,12H2,1H3,(H,27,30). The molecule has 4 rings (SSSR count). The number of benzene rings is 1. The fourth-order valence-electron chi connectivity index (χ4n) is 3.53. The van der Waals surface area contributed by atoms with Gasteiger partial charge in [-0.1, -0.05) is 0 Å². The van der Waals surface area contributed by atoms with Crippen LogP contribution in [-0.2, 0) is 6.42 Å². The third kappa shape index (κ3) is 4.42. The zero-order valence-electron chi connectivity index (χ0n) is 16.8. The number of halogens is 2. The van der Waals surface area contributed by atoms with Gasteiger partial charge in [-0.25, -0.2) is 8.78 Å². The van der Waals surface area contributed by atoms with Crippen LogP contribution in [0.25, 0.3) is 0 Å². The first-order chi connectivity index (χ1) is 14.9. The molecule has 1 aliphatic rings. The van der Waals surface area contributed by atoms with E-state index in [9.17, 15) is 18.4 Å². The van der Waals surface area contributed by atoms with Crippen LogP contribution >= 0.6 is 0 Å². The van der Waals surface area contributed by atoms with Gasteiger partial charge < -0.3 is 10.2 Å². The first-order valence-electron chi connectivity index (χ1n) is 9.92. The minimum absolute atomic E-state index is 0.0388. The number of aromatic nitrogens is 2. The van der Waals surface area contributed by atoms with Crippen LogP contribution in [0.1, 0.15) is 51.6 Å². The molecule has 0 spiro atoms. The number of anilines is 1. The monoisotopic (exact) mass is 422 g/mol. The number of carbonyl (C=O) groups excluding carboxylic acids is 2. The van der Waals surface area contributed by atoms with Gasteiger partial charge in [0.25, 0.3) is 11.8 Å². The predicted molar refractivity (Wildman–Crippen MR) is 111 cm³/mol. The molecule has 1 unspecified atom stereocenters. The molecule has 0 fully saturated rings. The Hall–Kier alpha value is -3.68. The van der Waals surface area contributed by atoms with Gasteiger partial charge in [0.1, 0.15) is 17.3 Å². The molecule has 0 saturated heterocycles. The molecule has 0 aliphatic carbocycles. The zero-order valence-corrected chi connectivity index (χ0v) is 16.8. The lowest BCUT2D eigenvalue weighted by Crippen LogP contribution is -2.36. The van der Waals surface area contributed by atoms with E-state index in [1.54, 1.807) is 24.0 Å². The van der Waals surface area contributed by atoms with Crippen LogP contribution in [0.15, 0.2) is 54.7 Å². The molecule has 1 aromatic carbocycles. The maximum absolute atomic E-state index is 13.5. The van der Waals surface area contributed by atoms with Gasteiger partial charge in [-0.05, 0) is 62.2 Å². The Balaban J connectivity index is 1.53. The van der Waals surface area contributed by atoms with Crippen LogP contribution in [0.2, 0.25) is 0 Å². The van der Waals surface area contributed by atoms with Crippen molar-refractivity contribution in [2.75, 3.05) is 11.4 Å². The molecule has 3 heterocycles. The van der Waals surface area contributed by atoms with Gasteiger partial charge in [0.15, 0.2) is 0 Å². The molecule has 2 aromatic heterocycles. The number of hydrogen-bond acceptors (Lipinski definition) is 4. The van der Waals surface area contributed by atoms with Crippen molar-refractivity contribution < 1.29 is 18.4 Å². The van der Waals surface area contributed by atoms with E-state index in [1.165, 1.54) is 36.5 Å². The quantitative estimate of drug-likeness (QED) is 0.693. The minimum Gasteiger partial charge on any atom is -0.344 e. The third-order valence-corrected chi connectivity index (χ3v) is 5.14. The molecule has 0 saturated carbocycles. The minimum atomic E-state index is -0.519. The summed E-state index contributed by atoms with van der Waals surface area (Å²) in [6.45, 7) is 2.29. The van der Waals surface area contributed by atoms with E-state index in [0.717, 1.165) is 11.8 Å². The molecule has 1 N–H and O–H groups in total. The fraction of sp³-hybridized carbons (Fsp3) is 0.217. The Kier molecular flexibility index (Phi) is 5.70. The van der Waals surface area contributed by atoms with Crippen molar-refractivity contribution in [3.63, 3.8) is 0 Å². The summed E-state index contributed by atoms with van der Waals surface area (Å²) in [4.78, 5) is 35.4. The second-order valence-electron chi connectivity index (χ2n) is 7.32. The van der Waals surface area contributed by atoms with Gasteiger partial charge in [-0.3, -0.25) is 19.6 Å². The maximum atomic E-state index is 13.5. The van der Waals surface area contributed by atoms with E-state index in [4.69, 9.17) is 0 Å². The number of carbonyl (C=O) groups is 2. The van der Waals surface area contributed by atoms with Gasteiger partial charge >= 0.3 is 0 Å². The number of hydrogen-bond donors (Lipinski definition) is 1. The summed E-state index contributed by atoms with van der Waals surface area (Å²) >= 11 is 0. The molecular weight excluding hydrogens is 402 g/mol. The second kappa shape index (κ2) is 8.59. The summed E-state index contributed by atoms with van der Waals surface area (Å²) < 4.78 is 26.6. The number of pyridine rings is 2. The molecule has 1 aliphatic heterocycles. The Bertz CT molecular complexity index is 1130.